The van der Waals surface area contributed by atoms with E-state index in [4.69, 9.17) is 5.11 Å². The van der Waals surface area contributed by atoms with Crippen LogP contribution in [-0.2, 0) is 17.4 Å². The first-order valence-electron chi connectivity index (χ1n) is 5.20. The maximum absolute atomic E-state index is 12.8. The Balaban J connectivity index is 2.42. The van der Waals surface area contributed by atoms with Crippen molar-refractivity contribution in [2.75, 3.05) is 0 Å². The highest BCUT2D eigenvalue weighted by atomic mass is 32.1. The minimum Gasteiger partial charge on any atom is -0.481 e. The molecule has 0 aliphatic heterocycles. The van der Waals surface area contributed by atoms with E-state index in [1.165, 1.54) is 23.6 Å². The molecule has 0 bridgehead atoms. The molecule has 1 aromatic carbocycles. The van der Waals surface area contributed by atoms with E-state index in [0.29, 0.717) is 0 Å². The highest BCUT2D eigenvalue weighted by molar-refractivity contribution is 7.10. The van der Waals surface area contributed by atoms with E-state index in [0.717, 1.165) is 17.4 Å². The second kappa shape index (κ2) is 5.00. The number of nitrogens with zero attached hydrogens (tertiary/aromatic N) is 1. The summed E-state index contributed by atoms with van der Waals surface area (Å²) in [6.07, 6.45) is -4.76. The van der Waals surface area contributed by atoms with Gasteiger partial charge in [-0.15, -0.1) is 11.3 Å². The zero-order valence-electron chi connectivity index (χ0n) is 9.44. The van der Waals surface area contributed by atoms with Crippen molar-refractivity contribution >= 4 is 17.3 Å². The van der Waals surface area contributed by atoms with Crippen molar-refractivity contribution in [3.05, 3.63) is 40.2 Å². The van der Waals surface area contributed by atoms with E-state index in [-0.39, 0.29) is 22.7 Å². The monoisotopic (exact) mass is 287 g/mol. The van der Waals surface area contributed by atoms with Gasteiger partial charge in [-0.2, -0.15) is 13.2 Å². The summed E-state index contributed by atoms with van der Waals surface area (Å²) in [4.78, 5) is 14.5. The second-order valence-corrected chi connectivity index (χ2v) is 4.68. The number of rotatable bonds is 3. The predicted molar refractivity (Wildman–Crippen MR) is 63.9 cm³/mol. The van der Waals surface area contributed by atoms with Crippen LogP contribution in [0.25, 0.3) is 11.3 Å². The van der Waals surface area contributed by atoms with Gasteiger partial charge in [-0.3, -0.25) is 4.79 Å². The Morgan fingerprint density at radius 2 is 2.00 bits per heavy atom. The van der Waals surface area contributed by atoms with Crippen LogP contribution in [0.4, 0.5) is 13.2 Å². The van der Waals surface area contributed by atoms with Crippen LogP contribution in [0, 0.1) is 0 Å². The van der Waals surface area contributed by atoms with Crippen molar-refractivity contribution in [1.82, 2.24) is 4.98 Å². The van der Waals surface area contributed by atoms with Gasteiger partial charge in [0, 0.05) is 10.9 Å². The van der Waals surface area contributed by atoms with Crippen molar-refractivity contribution in [3.8, 4) is 11.3 Å². The first-order valence-corrected chi connectivity index (χ1v) is 6.08. The Bertz CT molecular complexity index is 607. The zero-order chi connectivity index (χ0) is 14.0. The SMILES string of the molecule is O=C(O)Cc1nc(-c2ccccc2C(F)(F)F)cs1. The molecule has 1 heterocycles. The molecule has 0 fully saturated rings. The fraction of sp³-hybridized carbons (Fsp3) is 0.167. The number of carboxylic acids is 1. The van der Waals surface area contributed by atoms with Gasteiger partial charge < -0.3 is 5.11 Å². The Morgan fingerprint density at radius 3 is 2.63 bits per heavy atom. The number of hydrogen-bond donors (Lipinski definition) is 1. The number of thiazole rings is 1. The smallest absolute Gasteiger partial charge is 0.417 e. The van der Waals surface area contributed by atoms with Crippen LogP contribution < -0.4 is 0 Å². The third kappa shape index (κ3) is 3.11. The van der Waals surface area contributed by atoms with Crippen LogP contribution in [0.1, 0.15) is 10.6 Å². The number of hydrogen-bond acceptors (Lipinski definition) is 3. The van der Waals surface area contributed by atoms with Gasteiger partial charge in [0.2, 0.25) is 0 Å². The molecule has 0 aliphatic rings. The van der Waals surface area contributed by atoms with Crippen molar-refractivity contribution in [3.63, 3.8) is 0 Å². The lowest BCUT2D eigenvalue weighted by atomic mass is 10.1. The maximum atomic E-state index is 12.8. The lowest BCUT2D eigenvalue weighted by Crippen LogP contribution is -2.07. The number of halogens is 3. The maximum Gasteiger partial charge on any atom is 0.417 e. The Hall–Kier alpha value is -1.89. The molecule has 2 rings (SSSR count). The van der Waals surface area contributed by atoms with Gasteiger partial charge in [-0.05, 0) is 6.07 Å². The van der Waals surface area contributed by atoms with Crippen LogP contribution in [0.2, 0.25) is 0 Å². The average molecular weight is 287 g/mol. The number of carboxylic acid groups (broad SMARTS) is 1. The number of aliphatic carboxylic acids is 1. The highest BCUT2D eigenvalue weighted by Crippen LogP contribution is 2.37. The van der Waals surface area contributed by atoms with Gasteiger partial charge in [-0.1, -0.05) is 18.2 Å². The molecule has 7 heteroatoms. The number of benzene rings is 1. The Labute approximate surface area is 110 Å². The third-order valence-corrected chi connectivity index (χ3v) is 3.21. The number of aromatic nitrogens is 1. The van der Waals surface area contributed by atoms with Gasteiger partial charge >= 0.3 is 12.1 Å². The van der Waals surface area contributed by atoms with Gasteiger partial charge in [0.15, 0.2) is 0 Å². The lowest BCUT2D eigenvalue weighted by Gasteiger charge is -2.10. The largest absolute Gasteiger partial charge is 0.481 e. The molecule has 1 N–H and O–H groups in total. The van der Waals surface area contributed by atoms with E-state index in [2.05, 4.69) is 4.98 Å². The summed E-state index contributed by atoms with van der Waals surface area (Å²) in [5, 5.41) is 10.3. The molecule has 0 saturated heterocycles. The standard InChI is InChI=1S/C12H8F3NO2S/c13-12(14,15)8-4-2-1-3-7(8)9-6-19-10(16-9)5-11(17)18/h1-4,6H,5H2,(H,17,18). The fourth-order valence-electron chi connectivity index (χ4n) is 1.60. The number of carbonyl (C=O) groups is 1. The molecule has 0 unspecified atom stereocenters. The minimum atomic E-state index is -4.47. The fourth-order valence-corrected chi connectivity index (χ4v) is 2.38. The van der Waals surface area contributed by atoms with E-state index in [1.807, 2.05) is 0 Å². The first kappa shape index (κ1) is 13.5. The average Bonchev–Trinajstić information content (AvgIpc) is 2.75. The molecular formula is C12H8F3NO2S. The molecule has 0 spiro atoms. The van der Waals surface area contributed by atoms with Crippen LogP contribution >= 0.6 is 11.3 Å². The summed E-state index contributed by atoms with van der Waals surface area (Å²) >= 11 is 1.03. The summed E-state index contributed by atoms with van der Waals surface area (Å²) in [7, 11) is 0. The summed E-state index contributed by atoms with van der Waals surface area (Å²) in [6.45, 7) is 0. The lowest BCUT2D eigenvalue weighted by molar-refractivity contribution is -0.137. The van der Waals surface area contributed by atoms with Crippen LogP contribution in [0.15, 0.2) is 29.6 Å². The van der Waals surface area contributed by atoms with Crippen molar-refractivity contribution in [1.29, 1.82) is 0 Å². The topological polar surface area (TPSA) is 50.2 Å². The van der Waals surface area contributed by atoms with Gasteiger partial charge in [-0.25, -0.2) is 4.98 Å². The molecule has 1 aromatic heterocycles. The van der Waals surface area contributed by atoms with Crippen LogP contribution in [0.5, 0.6) is 0 Å². The van der Waals surface area contributed by atoms with Crippen LogP contribution in [-0.4, -0.2) is 16.1 Å². The molecular weight excluding hydrogens is 279 g/mol. The van der Waals surface area contributed by atoms with E-state index >= 15 is 0 Å². The Kier molecular flexibility index (Phi) is 3.57. The summed E-state index contributed by atoms with van der Waals surface area (Å²) in [5.41, 5.74) is -0.667. The van der Waals surface area contributed by atoms with E-state index < -0.39 is 17.7 Å². The van der Waals surface area contributed by atoms with Crippen molar-refractivity contribution < 1.29 is 23.1 Å². The van der Waals surface area contributed by atoms with Gasteiger partial charge in [0.25, 0.3) is 0 Å². The molecule has 3 nitrogen and oxygen atoms in total. The summed E-state index contributed by atoms with van der Waals surface area (Å²) < 4.78 is 38.5. The number of alkyl halides is 3. The predicted octanol–water partition coefficient (Wildman–Crippen LogP) is 3.46. The van der Waals surface area contributed by atoms with Crippen molar-refractivity contribution in [2.45, 2.75) is 12.6 Å². The summed E-state index contributed by atoms with van der Waals surface area (Å²) in [5.74, 6) is -1.06. The highest BCUT2D eigenvalue weighted by Gasteiger charge is 2.33. The van der Waals surface area contributed by atoms with E-state index in [1.54, 1.807) is 0 Å². The van der Waals surface area contributed by atoms with Gasteiger partial charge in [0.1, 0.15) is 5.01 Å². The van der Waals surface area contributed by atoms with Gasteiger partial charge in [0.05, 0.1) is 17.7 Å². The molecule has 0 atom stereocenters. The Morgan fingerprint density at radius 1 is 1.32 bits per heavy atom. The normalized spacial score (nSPS) is 11.5. The molecule has 0 aliphatic carbocycles. The molecule has 19 heavy (non-hydrogen) atoms. The molecule has 0 radical (unpaired) electrons. The minimum absolute atomic E-state index is 0.0390. The zero-order valence-corrected chi connectivity index (χ0v) is 10.3. The third-order valence-electron chi connectivity index (χ3n) is 2.36. The quantitative estimate of drug-likeness (QED) is 0.940. The van der Waals surface area contributed by atoms with Crippen LogP contribution in [0.3, 0.4) is 0 Å². The first-order chi connectivity index (χ1) is 8.88. The molecule has 2 aromatic rings. The second-order valence-electron chi connectivity index (χ2n) is 3.74. The van der Waals surface area contributed by atoms with Crippen molar-refractivity contribution in [2.24, 2.45) is 0 Å². The van der Waals surface area contributed by atoms with E-state index in [9.17, 15) is 18.0 Å². The molecule has 100 valence electrons. The summed E-state index contributed by atoms with van der Waals surface area (Å²) in [6, 6.07) is 5.09. The molecule has 0 amide bonds. The molecule has 0 saturated carbocycles.